The number of hydrogen-bond acceptors (Lipinski definition) is 5. The van der Waals surface area contributed by atoms with Crippen LogP contribution in [0.3, 0.4) is 0 Å². The molecule has 3 atom stereocenters. The molecule has 0 aliphatic heterocycles. The maximum Gasteiger partial charge on any atom is 0.306 e. The van der Waals surface area contributed by atoms with Gasteiger partial charge >= 0.3 is 5.97 Å². The van der Waals surface area contributed by atoms with Gasteiger partial charge in [0.05, 0.1) is 25.2 Å². The molecule has 3 unspecified atom stereocenters. The molecular weight excluding hydrogens is 743 g/mol. The quantitative estimate of drug-likeness (QED) is 0.0324. The highest BCUT2D eigenvalue weighted by Crippen LogP contribution is 2.17. The molecule has 0 spiro atoms. The van der Waals surface area contributed by atoms with Crippen molar-refractivity contribution in [1.29, 1.82) is 0 Å². The van der Waals surface area contributed by atoms with E-state index in [1.807, 2.05) is 54.7 Å². The van der Waals surface area contributed by atoms with Crippen LogP contribution in [0.4, 0.5) is 0 Å². The van der Waals surface area contributed by atoms with E-state index in [1.165, 1.54) is 44.9 Å². The Morgan fingerprint density at radius 2 is 0.933 bits per heavy atom. The van der Waals surface area contributed by atoms with Gasteiger partial charge in [-0.15, -0.1) is 0 Å². The summed E-state index contributed by atoms with van der Waals surface area (Å²) in [5, 5.41) is 23.7. The molecule has 0 aromatic rings. The Labute approximate surface area is 368 Å². The average molecular weight is 832 g/mol. The van der Waals surface area contributed by atoms with Crippen LogP contribution in [0.15, 0.2) is 109 Å². The first-order valence-electron chi connectivity index (χ1n) is 24.2. The van der Waals surface area contributed by atoms with Gasteiger partial charge in [-0.2, -0.15) is 0 Å². The largest absolute Gasteiger partial charge is 0.462 e. The van der Waals surface area contributed by atoms with Gasteiger partial charge in [0.15, 0.2) is 0 Å². The number of aliphatic hydroxyl groups is 2. The number of esters is 1. The van der Waals surface area contributed by atoms with Crippen LogP contribution in [-0.4, -0.2) is 46.9 Å². The zero-order chi connectivity index (χ0) is 43.8. The van der Waals surface area contributed by atoms with Crippen LogP contribution in [0.1, 0.15) is 194 Å². The Hall–Kier alpha value is -3.48. The summed E-state index contributed by atoms with van der Waals surface area (Å²) < 4.78 is 5.89. The Kier molecular flexibility index (Phi) is 43.9. The van der Waals surface area contributed by atoms with Crippen LogP contribution in [0.5, 0.6) is 0 Å². The first-order valence-corrected chi connectivity index (χ1v) is 24.2. The van der Waals surface area contributed by atoms with Crippen LogP contribution < -0.4 is 5.32 Å². The normalized spacial score (nSPS) is 14.3. The minimum atomic E-state index is -0.809. The van der Waals surface area contributed by atoms with Gasteiger partial charge in [-0.3, -0.25) is 9.59 Å². The van der Waals surface area contributed by atoms with Crippen molar-refractivity contribution in [2.24, 2.45) is 0 Å². The lowest BCUT2D eigenvalue weighted by atomic mass is 10.0. The SMILES string of the molecule is CC/C=C/C=C/C=C/C=C\CCCCCCCC(=O)OC(CCCCC/C=C/C=C/C=C/C=C/C=C/CCC)CC(=O)NC(CO)C(O)CCCCCCCCCCCC. The number of allylic oxidation sites excluding steroid dienone is 18. The number of rotatable bonds is 41. The maximum absolute atomic E-state index is 13.2. The number of aliphatic hydroxyl groups excluding tert-OH is 2. The summed E-state index contributed by atoms with van der Waals surface area (Å²) in [4.78, 5) is 26.1. The highest BCUT2D eigenvalue weighted by molar-refractivity contribution is 5.77. The first kappa shape index (κ1) is 56.5. The molecule has 0 bridgehead atoms. The summed E-state index contributed by atoms with van der Waals surface area (Å²) in [5.41, 5.74) is 0. The Morgan fingerprint density at radius 3 is 1.45 bits per heavy atom. The van der Waals surface area contributed by atoms with Crippen LogP contribution >= 0.6 is 0 Å². The van der Waals surface area contributed by atoms with E-state index in [2.05, 4.69) is 80.8 Å². The van der Waals surface area contributed by atoms with Crippen molar-refractivity contribution in [2.45, 2.75) is 212 Å². The second kappa shape index (κ2) is 46.6. The molecule has 0 radical (unpaired) electrons. The third kappa shape index (κ3) is 41.3. The molecule has 6 nitrogen and oxygen atoms in total. The van der Waals surface area contributed by atoms with E-state index in [9.17, 15) is 19.8 Å². The van der Waals surface area contributed by atoms with Crippen molar-refractivity contribution in [3.63, 3.8) is 0 Å². The molecule has 0 aromatic heterocycles. The standard InChI is InChI=1S/C54H89NO5/c1-4-7-10-13-16-19-22-24-26-28-29-31-33-36-39-42-45-50(60-54(59)47-44-41-38-35-32-30-27-25-23-20-17-14-11-8-5-2)48-53(58)55-51(49-56)52(57)46-43-40-37-34-21-18-15-12-9-6-3/h8,10-11,13-14,16-17,19-20,22-29,31,50-52,56-57H,4-7,9,12,15,18,21,30,32-49H2,1-3H3,(H,55,58)/b11-8+,13-10+,17-14+,19-16+,23-20+,24-22+,27-25-,28-26+,31-29+. The maximum atomic E-state index is 13.2. The minimum absolute atomic E-state index is 0.0323. The third-order valence-corrected chi connectivity index (χ3v) is 10.3. The van der Waals surface area contributed by atoms with Gasteiger partial charge in [0, 0.05) is 6.42 Å². The molecule has 0 rings (SSSR count). The van der Waals surface area contributed by atoms with E-state index in [0.717, 1.165) is 103 Å². The molecule has 6 heteroatoms. The summed E-state index contributed by atoms with van der Waals surface area (Å²) in [6.45, 7) is 6.21. The predicted molar refractivity (Wildman–Crippen MR) is 259 cm³/mol. The number of nitrogens with one attached hydrogen (secondary N) is 1. The average Bonchev–Trinajstić information content (AvgIpc) is 3.24. The highest BCUT2D eigenvalue weighted by atomic mass is 16.5. The van der Waals surface area contributed by atoms with Gasteiger partial charge in [-0.1, -0.05) is 226 Å². The fourth-order valence-corrected chi connectivity index (χ4v) is 6.65. The van der Waals surface area contributed by atoms with E-state index in [4.69, 9.17) is 4.74 Å². The summed E-state index contributed by atoms with van der Waals surface area (Å²) in [6.07, 6.45) is 62.8. The van der Waals surface area contributed by atoms with Gasteiger partial charge in [0.1, 0.15) is 6.10 Å². The lowest BCUT2D eigenvalue weighted by Gasteiger charge is -2.24. The Balaban J connectivity index is 4.78. The lowest BCUT2D eigenvalue weighted by Crippen LogP contribution is -2.46. The summed E-state index contributed by atoms with van der Waals surface area (Å²) >= 11 is 0. The molecule has 0 fully saturated rings. The topological polar surface area (TPSA) is 95.9 Å². The Bertz CT molecular complexity index is 1250. The van der Waals surface area contributed by atoms with Crippen molar-refractivity contribution < 1.29 is 24.5 Å². The predicted octanol–water partition coefficient (Wildman–Crippen LogP) is 14.3. The highest BCUT2D eigenvalue weighted by Gasteiger charge is 2.24. The van der Waals surface area contributed by atoms with Gasteiger partial charge in [0.25, 0.3) is 0 Å². The number of amides is 1. The molecule has 340 valence electrons. The molecule has 0 heterocycles. The van der Waals surface area contributed by atoms with Gasteiger partial charge in [-0.05, 0) is 64.2 Å². The fraction of sp³-hybridized carbons (Fsp3) is 0.630. The fourth-order valence-electron chi connectivity index (χ4n) is 6.65. The number of carbonyl (C=O) groups is 2. The zero-order valence-corrected chi connectivity index (χ0v) is 38.5. The van der Waals surface area contributed by atoms with Crippen molar-refractivity contribution >= 4 is 11.9 Å². The molecule has 1 amide bonds. The molecule has 60 heavy (non-hydrogen) atoms. The minimum Gasteiger partial charge on any atom is -0.462 e. The molecule has 0 aliphatic rings. The molecular formula is C54H89NO5. The molecule has 0 saturated carbocycles. The van der Waals surface area contributed by atoms with Crippen LogP contribution in [-0.2, 0) is 14.3 Å². The van der Waals surface area contributed by atoms with E-state index >= 15 is 0 Å². The van der Waals surface area contributed by atoms with Gasteiger partial charge < -0.3 is 20.3 Å². The second-order valence-corrected chi connectivity index (χ2v) is 16.0. The van der Waals surface area contributed by atoms with Crippen molar-refractivity contribution in [2.75, 3.05) is 6.61 Å². The summed E-state index contributed by atoms with van der Waals surface area (Å²) in [5.74, 6) is -0.556. The summed E-state index contributed by atoms with van der Waals surface area (Å²) in [7, 11) is 0. The molecule has 0 saturated heterocycles. The van der Waals surface area contributed by atoms with Crippen LogP contribution in [0.2, 0.25) is 0 Å². The lowest BCUT2D eigenvalue weighted by molar-refractivity contribution is -0.151. The number of hydrogen-bond donors (Lipinski definition) is 3. The van der Waals surface area contributed by atoms with E-state index in [-0.39, 0.29) is 24.9 Å². The van der Waals surface area contributed by atoms with Crippen LogP contribution in [0.25, 0.3) is 0 Å². The molecule has 3 N–H and O–H groups in total. The number of unbranched alkanes of at least 4 members (excludes halogenated alkanes) is 18. The van der Waals surface area contributed by atoms with Crippen LogP contribution in [0, 0.1) is 0 Å². The first-order chi connectivity index (χ1) is 29.5. The van der Waals surface area contributed by atoms with Crippen molar-refractivity contribution in [3.8, 4) is 0 Å². The number of carbonyl (C=O) groups excluding carboxylic acids is 2. The summed E-state index contributed by atoms with van der Waals surface area (Å²) in [6, 6.07) is -0.727. The second-order valence-electron chi connectivity index (χ2n) is 16.0. The van der Waals surface area contributed by atoms with E-state index in [0.29, 0.717) is 19.3 Å². The zero-order valence-electron chi connectivity index (χ0n) is 38.5. The molecule has 0 aliphatic carbocycles. The monoisotopic (exact) mass is 832 g/mol. The Morgan fingerprint density at radius 1 is 0.500 bits per heavy atom. The van der Waals surface area contributed by atoms with Crippen molar-refractivity contribution in [3.05, 3.63) is 109 Å². The van der Waals surface area contributed by atoms with Gasteiger partial charge in [0.2, 0.25) is 5.91 Å². The third-order valence-electron chi connectivity index (χ3n) is 10.3. The van der Waals surface area contributed by atoms with E-state index < -0.39 is 18.2 Å². The van der Waals surface area contributed by atoms with Gasteiger partial charge in [-0.25, -0.2) is 0 Å². The molecule has 0 aromatic carbocycles. The number of ether oxygens (including phenoxy) is 1. The smallest absolute Gasteiger partial charge is 0.306 e. The van der Waals surface area contributed by atoms with Crippen molar-refractivity contribution in [1.82, 2.24) is 5.32 Å². The van der Waals surface area contributed by atoms with E-state index in [1.54, 1.807) is 0 Å².